The van der Waals surface area contributed by atoms with Crippen molar-refractivity contribution in [2.45, 2.75) is 50.5 Å². The first-order valence-electron chi connectivity index (χ1n) is 7.51. The molecule has 1 N–H and O–H groups in total. The van der Waals surface area contributed by atoms with E-state index in [0.29, 0.717) is 5.41 Å². The molecule has 96 valence electrons. The van der Waals surface area contributed by atoms with Crippen LogP contribution in [-0.2, 0) is 4.74 Å². The van der Waals surface area contributed by atoms with Crippen LogP contribution in [0.15, 0.2) is 0 Å². The van der Waals surface area contributed by atoms with Crippen LogP contribution in [0.25, 0.3) is 0 Å². The molecule has 1 unspecified atom stereocenters. The van der Waals surface area contributed by atoms with Crippen LogP contribution in [0.4, 0.5) is 0 Å². The van der Waals surface area contributed by atoms with Gasteiger partial charge in [-0.2, -0.15) is 0 Å². The van der Waals surface area contributed by atoms with E-state index in [-0.39, 0.29) is 5.60 Å². The maximum Gasteiger partial charge on any atom is 0.0870 e. The zero-order valence-corrected chi connectivity index (χ0v) is 11.0. The molecule has 0 radical (unpaired) electrons. The van der Waals surface area contributed by atoms with Crippen molar-refractivity contribution in [2.75, 3.05) is 20.2 Å². The average molecular weight is 235 g/mol. The van der Waals surface area contributed by atoms with Gasteiger partial charge in [-0.05, 0) is 69.2 Å². The van der Waals surface area contributed by atoms with Crippen LogP contribution < -0.4 is 5.32 Å². The Hall–Kier alpha value is -0.0800. The lowest BCUT2D eigenvalue weighted by molar-refractivity contribution is -0.183. The highest BCUT2D eigenvalue weighted by Crippen LogP contribution is 2.65. The van der Waals surface area contributed by atoms with E-state index in [1.165, 1.54) is 44.9 Å². The summed E-state index contributed by atoms with van der Waals surface area (Å²) in [6.07, 6.45) is 10.2. The van der Waals surface area contributed by atoms with E-state index in [1.807, 2.05) is 7.11 Å². The fourth-order valence-electron chi connectivity index (χ4n) is 6.18. The van der Waals surface area contributed by atoms with Gasteiger partial charge in [-0.3, -0.25) is 0 Å². The first kappa shape index (κ1) is 10.8. The van der Waals surface area contributed by atoms with Crippen molar-refractivity contribution in [1.29, 1.82) is 0 Å². The summed E-state index contributed by atoms with van der Waals surface area (Å²) in [7, 11) is 1.96. The van der Waals surface area contributed by atoms with Crippen molar-refractivity contribution in [2.24, 2.45) is 23.2 Å². The van der Waals surface area contributed by atoms with E-state index in [4.69, 9.17) is 4.74 Å². The number of hydrogen-bond donors (Lipinski definition) is 1. The zero-order chi connectivity index (χ0) is 11.5. The second-order valence-corrected chi connectivity index (χ2v) is 7.32. The molecule has 1 heterocycles. The third-order valence-corrected chi connectivity index (χ3v) is 6.51. The monoisotopic (exact) mass is 235 g/mol. The molecule has 4 bridgehead atoms. The molecule has 5 rings (SSSR count). The highest BCUT2D eigenvalue weighted by atomic mass is 16.5. The van der Waals surface area contributed by atoms with Crippen molar-refractivity contribution < 1.29 is 4.74 Å². The molecule has 0 aromatic rings. The number of rotatable bonds is 2. The van der Waals surface area contributed by atoms with Gasteiger partial charge in [0.05, 0.1) is 5.60 Å². The maximum absolute atomic E-state index is 6.12. The second-order valence-electron chi connectivity index (χ2n) is 7.32. The van der Waals surface area contributed by atoms with Crippen LogP contribution in [0.5, 0.6) is 0 Å². The van der Waals surface area contributed by atoms with Crippen molar-refractivity contribution in [3.63, 3.8) is 0 Å². The Balaban J connectivity index is 1.71. The van der Waals surface area contributed by atoms with Gasteiger partial charge >= 0.3 is 0 Å². The molecule has 5 aliphatic rings. The Kier molecular flexibility index (Phi) is 2.21. The molecule has 17 heavy (non-hydrogen) atoms. The van der Waals surface area contributed by atoms with Crippen molar-refractivity contribution in [3.05, 3.63) is 0 Å². The summed E-state index contributed by atoms with van der Waals surface area (Å²) in [5.74, 6) is 3.11. The molecule has 0 aromatic heterocycles. The minimum absolute atomic E-state index is 0.184. The van der Waals surface area contributed by atoms with E-state index >= 15 is 0 Å². The third kappa shape index (κ3) is 1.34. The molecular weight excluding hydrogens is 210 g/mol. The van der Waals surface area contributed by atoms with Gasteiger partial charge < -0.3 is 10.1 Å². The standard InChI is InChI=1S/C15H25NO/c1-17-15(2-3-16-10-15)14-7-11-4-12(8-14)6-13(5-11)9-14/h11-13,16H,2-10H2,1H3. The van der Waals surface area contributed by atoms with Crippen molar-refractivity contribution in [3.8, 4) is 0 Å². The van der Waals surface area contributed by atoms with Gasteiger partial charge in [-0.15, -0.1) is 0 Å². The van der Waals surface area contributed by atoms with E-state index in [1.54, 1.807) is 0 Å². The highest BCUT2D eigenvalue weighted by molar-refractivity contribution is 5.13. The SMILES string of the molecule is COC1(C23CC4CC(CC(C4)C2)C3)CCNC1. The Labute approximate surface area is 104 Å². The summed E-state index contributed by atoms with van der Waals surface area (Å²) in [5, 5.41) is 3.56. The molecule has 4 aliphatic carbocycles. The van der Waals surface area contributed by atoms with Gasteiger partial charge in [0.2, 0.25) is 0 Å². The summed E-state index contributed by atoms with van der Waals surface area (Å²) in [6.45, 7) is 2.27. The molecule has 0 amide bonds. The number of hydrogen-bond acceptors (Lipinski definition) is 2. The quantitative estimate of drug-likeness (QED) is 0.794. The molecule has 5 fully saturated rings. The first-order valence-corrected chi connectivity index (χ1v) is 7.51. The lowest BCUT2D eigenvalue weighted by Crippen LogP contribution is -2.60. The Bertz CT molecular complexity index is 284. The summed E-state index contributed by atoms with van der Waals surface area (Å²) < 4.78 is 6.12. The summed E-state index contributed by atoms with van der Waals surface area (Å²) in [5.41, 5.74) is 0.725. The Morgan fingerprint density at radius 3 is 2.00 bits per heavy atom. The fraction of sp³-hybridized carbons (Fsp3) is 1.00. The van der Waals surface area contributed by atoms with Gasteiger partial charge in [0, 0.05) is 19.1 Å². The predicted molar refractivity (Wildman–Crippen MR) is 67.8 cm³/mol. The van der Waals surface area contributed by atoms with E-state index < -0.39 is 0 Å². The Morgan fingerprint density at radius 1 is 1.00 bits per heavy atom. The summed E-state index contributed by atoms with van der Waals surface area (Å²) in [6, 6.07) is 0. The molecule has 1 aliphatic heterocycles. The third-order valence-electron chi connectivity index (χ3n) is 6.51. The minimum Gasteiger partial charge on any atom is -0.376 e. The molecule has 4 saturated carbocycles. The van der Waals surface area contributed by atoms with E-state index in [9.17, 15) is 0 Å². The van der Waals surface area contributed by atoms with Crippen LogP contribution in [-0.4, -0.2) is 25.8 Å². The lowest BCUT2D eigenvalue weighted by Gasteiger charge is -2.62. The summed E-state index contributed by atoms with van der Waals surface area (Å²) >= 11 is 0. The maximum atomic E-state index is 6.12. The number of ether oxygens (including phenoxy) is 1. The van der Waals surface area contributed by atoms with Gasteiger partial charge in [0.1, 0.15) is 0 Å². The molecule has 0 aromatic carbocycles. The normalized spacial score (nSPS) is 56.6. The molecule has 1 saturated heterocycles. The van der Waals surface area contributed by atoms with Crippen LogP contribution in [0.1, 0.15) is 44.9 Å². The Morgan fingerprint density at radius 2 is 1.59 bits per heavy atom. The van der Waals surface area contributed by atoms with E-state index in [0.717, 1.165) is 30.8 Å². The number of methoxy groups -OCH3 is 1. The van der Waals surface area contributed by atoms with Crippen LogP contribution in [0.3, 0.4) is 0 Å². The van der Waals surface area contributed by atoms with E-state index in [2.05, 4.69) is 5.32 Å². The van der Waals surface area contributed by atoms with Gasteiger partial charge in [0.25, 0.3) is 0 Å². The second kappa shape index (κ2) is 3.48. The average Bonchev–Trinajstić information content (AvgIpc) is 2.77. The fourth-order valence-corrected chi connectivity index (χ4v) is 6.18. The van der Waals surface area contributed by atoms with Gasteiger partial charge in [-0.1, -0.05) is 0 Å². The van der Waals surface area contributed by atoms with Gasteiger partial charge in [0.15, 0.2) is 0 Å². The molecule has 2 nitrogen and oxygen atoms in total. The highest BCUT2D eigenvalue weighted by Gasteiger charge is 2.61. The summed E-state index contributed by atoms with van der Waals surface area (Å²) in [4.78, 5) is 0. The predicted octanol–water partition coefficient (Wildman–Crippen LogP) is 2.58. The molecule has 2 heteroatoms. The molecule has 0 spiro atoms. The minimum atomic E-state index is 0.184. The topological polar surface area (TPSA) is 21.3 Å². The molecular formula is C15H25NO. The van der Waals surface area contributed by atoms with Crippen molar-refractivity contribution >= 4 is 0 Å². The van der Waals surface area contributed by atoms with Crippen LogP contribution >= 0.6 is 0 Å². The zero-order valence-electron chi connectivity index (χ0n) is 11.0. The smallest absolute Gasteiger partial charge is 0.0870 e. The van der Waals surface area contributed by atoms with Crippen LogP contribution in [0, 0.1) is 23.2 Å². The first-order chi connectivity index (χ1) is 8.25. The largest absolute Gasteiger partial charge is 0.376 e. The lowest BCUT2D eigenvalue weighted by atomic mass is 9.45. The number of nitrogens with one attached hydrogen (secondary N) is 1. The van der Waals surface area contributed by atoms with Gasteiger partial charge in [-0.25, -0.2) is 0 Å². The molecule has 1 atom stereocenters. The van der Waals surface area contributed by atoms with Crippen LogP contribution in [0.2, 0.25) is 0 Å². The van der Waals surface area contributed by atoms with Crippen molar-refractivity contribution in [1.82, 2.24) is 5.32 Å².